The second-order valence-electron chi connectivity index (χ2n) is 9.37. The Bertz CT molecular complexity index is 1000. The van der Waals surface area contributed by atoms with E-state index in [9.17, 15) is 0 Å². The van der Waals surface area contributed by atoms with E-state index in [1.807, 2.05) is 0 Å². The fraction of sp³-hybridized carbons (Fsp3) is 0.500. The van der Waals surface area contributed by atoms with E-state index in [2.05, 4.69) is 82.2 Å². The van der Waals surface area contributed by atoms with Gasteiger partial charge in [0.1, 0.15) is 5.82 Å². The summed E-state index contributed by atoms with van der Waals surface area (Å²) in [5.74, 6) is 1.11. The molecule has 31 heavy (non-hydrogen) atoms. The van der Waals surface area contributed by atoms with Crippen LogP contribution in [0.5, 0.6) is 0 Å². The maximum absolute atomic E-state index is 5.08. The lowest BCUT2D eigenvalue weighted by Crippen LogP contribution is -2.47. The summed E-state index contributed by atoms with van der Waals surface area (Å²) in [6.07, 6.45) is 5.92. The molecule has 0 unspecified atom stereocenters. The molecule has 0 amide bonds. The summed E-state index contributed by atoms with van der Waals surface area (Å²) >= 11 is 0. The van der Waals surface area contributed by atoms with Crippen LogP contribution in [0.1, 0.15) is 33.1 Å². The van der Waals surface area contributed by atoms with E-state index in [0.717, 1.165) is 37.2 Å². The Hall–Kier alpha value is -2.37. The maximum Gasteiger partial charge on any atom is 0.129 e. The molecule has 164 valence electrons. The lowest BCUT2D eigenvalue weighted by Gasteiger charge is -2.39. The molecule has 0 saturated carbocycles. The molecule has 3 aromatic rings. The zero-order valence-electron chi connectivity index (χ0n) is 18.9. The highest BCUT2D eigenvalue weighted by Crippen LogP contribution is 2.29. The van der Waals surface area contributed by atoms with Crippen LogP contribution in [0.15, 0.2) is 48.7 Å². The van der Waals surface area contributed by atoms with Gasteiger partial charge in [-0.15, -0.1) is 0 Å². The van der Waals surface area contributed by atoms with Crippen molar-refractivity contribution in [3.05, 3.63) is 48.7 Å². The summed E-state index contributed by atoms with van der Waals surface area (Å²) in [6, 6.07) is 16.4. The summed E-state index contributed by atoms with van der Waals surface area (Å²) in [6.45, 7) is 11.6. The fourth-order valence-corrected chi connectivity index (χ4v) is 5.33. The molecule has 1 N–H and O–H groups in total. The molecule has 0 aliphatic carbocycles. The second-order valence-corrected chi connectivity index (χ2v) is 9.37. The molecule has 1 aromatic carbocycles. The number of rotatable bonds is 4. The topological polar surface area (TPSA) is 38.4 Å². The van der Waals surface area contributed by atoms with E-state index in [1.54, 1.807) is 0 Å². The highest BCUT2D eigenvalue weighted by atomic mass is 15.3. The van der Waals surface area contributed by atoms with Gasteiger partial charge in [-0.3, -0.25) is 4.90 Å². The Labute approximate surface area is 186 Å². The summed E-state index contributed by atoms with van der Waals surface area (Å²) in [4.78, 5) is 16.3. The number of H-pyrrole nitrogens is 1. The predicted octanol–water partition coefficient (Wildman–Crippen LogP) is 4.61. The van der Waals surface area contributed by atoms with Crippen LogP contribution in [0.3, 0.4) is 0 Å². The van der Waals surface area contributed by atoms with E-state index >= 15 is 0 Å². The first kappa shape index (κ1) is 20.5. The molecule has 0 spiro atoms. The van der Waals surface area contributed by atoms with Crippen LogP contribution in [-0.2, 0) is 0 Å². The van der Waals surface area contributed by atoms with E-state index in [1.165, 1.54) is 55.4 Å². The van der Waals surface area contributed by atoms with Crippen LogP contribution < -0.4 is 4.90 Å². The summed E-state index contributed by atoms with van der Waals surface area (Å²) in [7, 11) is 0. The molecule has 2 aromatic heterocycles. The van der Waals surface area contributed by atoms with Crippen LogP contribution in [0.2, 0.25) is 0 Å². The van der Waals surface area contributed by atoms with Crippen molar-refractivity contribution in [1.29, 1.82) is 0 Å². The first-order valence-corrected chi connectivity index (χ1v) is 12.0. The molecule has 2 aliphatic rings. The summed E-state index contributed by atoms with van der Waals surface area (Å²) in [5.41, 5.74) is 3.40. The normalized spacial score (nSPS) is 19.9. The van der Waals surface area contributed by atoms with E-state index < -0.39 is 0 Å². The number of anilines is 1. The average Bonchev–Trinajstić information content (AvgIpc) is 3.08. The van der Waals surface area contributed by atoms with Crippen molar-refractivity contribution in [3.8, 4) is 11.3 Å². The quantitative estimate of drug-likeness (QED) is 0.673. The Morgan fingerprint density at radius 1 is 0.903 bits per heavy atom. The van der Waals surface area contributed by atoms with Gasteiger partial charge >= 0.3 is 0 Å². The number of fused-ring (bicyclic) bond motifs is 1. The molecular weight excluding hydrogens is 382 g/mol. The van der Waals surface area contributed by atoms with Gasteiger partial charge in [0, 0.05) is 60.9 Å². The molecular formula is C26H35N5. The summed E-state index contributed by atoms with van der Waals surface area (Å²) < 4.78 is 0. The van der Waals surface area contributed by atoms with Crippen LogP contribution in [0.4, 0.5) is 5.82 Å². The highest BCUT2D eigenvalue weighted by molar-refractivity contribution is 5.94. The van der Waals surface area contributed by atoms with Crippen molar-refractivity contribution in [1.82, 2.24) is 19.8 Å². The Balaban J connectivity index is 1.27. The molecule has 5 nitrogen and oxygen atoms in total. The average molecular weight is 418 g/mol. The number of aromatic amines is 1. The minimum absolute atomic E-state index is 0.677. The van der Waals surface area contributed by atoms with Gasteiger partial charge in [0.05, 0.1) is 5.69 Å². The number of hydrogen-bond acceptors (Lipinski definition) is 4. The van der Waals surface area contributed by atoms with Crippen LogP contribution in [0.25, 0.3) is 22.2 Å². The number of pyridine rings is 1. The Kier molecular flexibility index (Phi) is 5.97. The first-order chi connectivity index (χ1) is 15.2. The second kappa shape index (κ2) is 9.01. The molecule has 0 atom stereocenters. The third-order valence-corrected chi connectivity index (χ3v) is 7.20. The van der Waals surface area contributed by atoms with Gasteiger partial charge in [-0.2, -0.15) is 0 Å². The highest BCUT2D eigenvalue weighted by Gasteiger charge is 2.27. The lowest BCUT2D eigenvalue weighted by molar-refractivity contribution is 0.0965. The van der Waals surface area contributed by atoms with Crippen molar-refractivity contribution >= 4 is 16.7 Å². The third kappa shape index (κ3) is 4.35. The molecule has 5 heteroatoms. The van der Waals surface area contributed by atoms with E-state index in [0.29, 0.717) is 6.04 Å². The number of nitrogens with one attached hydrogen (secondary N) is 1. The zero-order valence-corrected chi connectivity index (χ0v) is 18.9. The van der Waals surface area contributed by atoms with Gasteiger partial charge in [0.25, 0.3) is 0 Å². The van der Waals surface area contributed by atoms with Gasteiger partial charge in [-0.25, -0.2) is 4.98 Å². The van der Waals surface area contributed by atoms with Gasteiger partial charge in [-0.05, 0) is 64.4 Å². The number of benzene rings is 1. The number of nitrogens with zero attached hydrogens (tertiary/aromatic N) is 4. The van der Waals surface area contributed by atoms with Crippen molar-refractivity contribution < 1.29 is 0 Å². The lowest BCUT2D eigenvalue weighted by atomic mass is 10.0. The number of hydrogen-bond donors (Lipinski definition) is 1. The molecule has 4 heterocycles. The predicted molar refractivity (Wildman–Crippen MR) is 130 cm³/mol. The number of para-hydroxylation sites is 1. The van der Waals surface area contributed by atoms with Crippen molar-refractivity contribution in [3.63, 3.8) is 0 Å². The zero-order chi connectivity index (χ0) is 21.2. The molecule has 2 aliphatic heterocycles. The standard InChI is InChI=1S/C26H35N5/c1-20(2)29-15-11-21(12-16-29)30-13-6-14-31(18-17-30)26-10-5-9-25(28-26)23-19-27-24-8-4-3-7-22(23)24/h3-5,7-10,19-21,27H,6,11-18H2,1-2H3. The summed E-state index contributed by atoms with van der Waals surface area (Å²) in [5, 5.41) is 1.24. The fourth-order valence-electron chi connectivity index (χ4n) is 5.33. The van der Waals surface area contributed by atoms with Gasteiger partial charge in [-0.1, -0.05) is 24.3 Å². The molecule has 2 fully saturated rings. The minimum atomic E-state index is 0.677. The number of likely N-dealkylation sites (tertiary alicyclic amines) is 1. The number of piperidine rings is 1. The van der Waals surface area contributed by atoms with Gasteiger partial charge in [0.15, 0.2) is 0 Å². The monoisotopic (exact) mass is 417 g/mol. The van der Waals surface area contributed by atoms with Crippen LogP contribution in [0, 0.1) is 0 Å². The first-order valence-electron chi connectivity index (χ1n) is 12.0. The Morgan fingerprint density at radius 3 is 2.58 bits per heavy atom. The van der Waals surface area contributed by atoms with Gasteiger partial charge in [0.2, 0.25) is 0 Å². The van der Waals surface area contributed by atoms with E-state index in [4.69, 9.17) is 4.98 Å². The van der Waals surface area contributed by atoms with Gasteiger partial charge < -0.3 is 14.8 Å². The minimum Gasteiger partial charge on any atom is -0.360 e. The molecule has 5 rings (SSSR count). The van der Waals surface area contributed by atoms with E-state index in [-0.39, 0.29) is 0 Å². The molecule has 2 saturated heterocycles. The molecule has 0 bridgehead atoms. The number of aromatic nitrogens is 2. The largest absolute Gasteiger partial charge is 0.360 e. The maximum atomic E-state index is 5.08. The SMILES string of the molecule is CC(C)N1CCC(N2CCCN(c3cccc(-c4c[nH]c5ccccc45)n3)CC2)CC1. The smallest absolute Gasteiger partial charge is 0.129 e. The third-order valence-electron chi connectivity index (χ3n) is 7.20. The van der Waals surface area contributed by atoms with Crippen molar-refractivity contribution in [2.45, 2.75) is 45.2 Å². The Morgan fingerprint density at radius 2 is 1.74 bits per heavy atom. The van der Waals surface area contributed by atoms with Crippen molar-refractivity contribution in [2.75, 3.05) is 44.2 Å². The van der Waals surface area contributed by atoms with Crippen LogP contribution in [-0.4, -0.2) is 71.1 Å². The van der Waals surface area contributed by atoms with Crippen molar-refractivity contribution in [2.24, 2.45) is 0 Å². The van der Waals surface area contributed by atoms with Crippen LogP contribution >= 0.6 is 0 Å². The molecule has 0 radical (unpaired) electrons.